The Balaban J connectivity index is 2.04. The van der Waals surface area contributed by atoms with Gasteiger partial charge >= 0.3 is 0 Å². The summed E-state index contributed by atoms with van der Waals surface area (Å²) in [6, 6.07) is 9.94. The van der Waals surface area contributed by atoms with Crippen LogP contribution in [-0.4, -0.2) is 22.8 Å². The maximum Gasteiger partial charge on any atom is 0.267 e. The van der Waals surface area contributed by atoms with Gasteiger partial charge in [0.25, 0.3) is 5.56 Å². The second kappa shape index (κ2) is 6.01. The van der Waals surface area contributed by atoms with Gasteiger partial charge in [-0.2, -0.15) is 5.10 Å². The molecule has 0 saturated carbocycles. The summed E-state index contributed by atoms with van der Waals surface area (Å²) in [6.45, 7) is 1.64. The molecule has 104 valence electrons. The minimum atomic E-state index is -0.310. The molecule has 6 heteroatoms. The number of rotatable bonds is 4. The molecular formula is C14H15N3O3. The Morgan fingerprint density at radius 3 is 2.60 bits per heavy atom. The number of ether oxygens (including phenoxy) is 1. The third kappa shape index (κ3) is 3.44. The molecule has 0 atom stereocenters. The Hall–Kier alpha value is -2.63. The van der Waals surface area contributed by atoms with Crippen LogP contribution in [0.5, 0.6) is 5.75 Å². The molecule has 0 bridgehead atoms. The highest BCUT2D eigenvalue weighted by atomic mass is 16.5. The monoisotopic (exact) mass is 273 g/mol. The fourth-order valence-electron chi connectivity index (χ4n) is 1.68. The first kappa shape index (κ1) is 13.8. The van der Waals surface area contributed by atoms with Gasteiger partial charge in [0.1, 0.15) is 12.3 Å². The van der Waals surface area contributed by atoms with Gasteiger partial charge < -0.3 is 10.1 Å². The van der Waals surface area contributed by atoms with Crippen LogP contribution in [0.15, 0.2) is 41.2 Å². The molecule has 2 rings (SSSR count). The summed E-state index contributed by atoms with van der Waals surface area (Å²) >= 11 is 0. The summed E-state index contributed by atoms with van der Waals surface area (Å²) in [5.41, 5.74) is 1.01. The summed E-state index contributed by atoms with van der Waals surface area (Å²) in [5.74, 6) is 0.398. The van der Waals surface area contributed by atoms with Crippen molar-refractivity contribution < 1.29 is 9.53 Å². The van der Waals surface area contributed by atoms with Crippen molar-refractivity contribution >= 4 is 11.6 Å². The van der Waals surface area contributed by atoms with Crippen molar-refractivity contribution in [1.29, 1.82) is 0 Å². The second-order valence-corrected chi connectivity index (χ2v) is 4.25. The van der Waals surface area contributed by atoms with Crippen molar-refractivity contribution in [2.75, 3.05) is 12.4 Å². The van der Waals surface area contributed by atoms with Crippen molar-refractivity contribution in [1.82, 2.24) is 9.78 Å². The Labute approximate surface area is 116 Å². The van der Waals surface area contributed by atoms with E-state index >= 15 is 0 Å². The number of nitrogens with one attached hydrogen (secondary N) is 1. The molecule has 0 fully saturated rings. The molecule has 0 radical (unpaired) electrons. The van der Waals surface area contributed by atoms with Gasteiger partial charge in [0.05, 0.1) is 12.8 Å². The molecule has 6 nitrogen and oxygen atoms in total. The molecular weight excluding hydrogens is 258 g/mol. The predicted molar refractivity (Wildman–Crippen MR) is 74.9 cm³/mol. The van der Waals surface area contributed by atoms with E-state index in [9.17, 15) is 9.59 Å². The van der Waals surface area contributed by atoms with E-state index in [0.29, 0.717) is 17.1 Å². The van der Waals surface area contributed by atoms with Crippen LogP contribution in [0.4, 0.5) is 5.69 Å². The molecule has 1 aromatic carbocycles. The molecule has 1 heterocycles. The number of amides is 1. The van der Waals surface area contributed by atoms with Gasteiger partial charge in [-0.25, -0.2) is 4.68 Å². The lowest BCUT2D eigenvalue weighted by molar-refractivity contribution is -0.117. The summed E-state index contributed by atoms with van der Waals surface area (Å²) < 4.78 is 6.16. The first-order valence-electron chi connectivity index (χ1n) is 6.07. The Morgan fingerprint density at radius 1 is 1.25 bits per heavy atom. The number of hydrogen-bond donors (Lipinski definition) is 1. The van der Waals surface area contributed by atoms with E-state index in [2.05, 4.69) is 10.4 Å². The van der Waals surface area contributed by atoms with Crippen LogP contribution in [0.2, 0.25) is 0 Å². The number of aromatic nitrogens is 2. The number of aryl methyl sites for hydroxylation is 1. The molecule has 1 amide bonds. The van der Waals surface area contributed by atoms with Crippen LogP contribution < -0.4 is 15.6 Å². The van der Waals surface area contributed by atoms with Gasteiger partial charge in [-0.15, -0.1) is 0 Å². The van der Waals surface area contributed by atoms with E-state index in [0.717, 1.165) is 4.68 Å². The van der Waals surface area contributed by atoms with E-state index in [1.165, 1.54) is 6.07 Å². The molecule has 2 aromatic rings. The summed E-state index contributed by atoms with van der Waals surface area (Å²) in [7, 11) is 1.57. The van der Waals surface area contributed by atoms with Crippen LogP contribution in [0.25, 0.3) is 0 Å². The lowest BCUT2D eigenvalue weighted by atomic mass is 10.3. The number of hydrogen-bond acceptors (Lipinski definition) is 4. The van der Waals surface area contributed by atoms with Crippen molar-refractivity contribution in [3.63, 3.8) is 0 Å². The Kier molecular flexibility index (Phi) is 4.14. The van der Waals surface area contributed by atoms with Crippen LogP contribution in [0.1, 0.15) is 5.69 Å². The molecule has 0 saturated heterocycles. The van der Waals surface area contributed by atoms with E-state index in [1.807, 2.05) is 0 Å². The van der Waals surface area contributed by atoms with Gasteiger partial charge in [0.15, 0.2) is 0 Å². The number of benzene rings is 1. The number of carbonyl (C=O) groups excluding carboxylic acids is 1. The van der Waals surface area contributed by atoms with E-state index < -0.39 is 0 Å². The highest BCUT2D eigenvalue weighted by Gasteiger charge is 2.06. The average molecular weight is 273 g/mol. The normalized spacial score (nSPS) is 10.1. The third-order valence-corrected chi connectivity index (χ3v) is 2.67. The lowest BCUT2D eigenvalue weighted by Crippen LogP contribution is -2.29. The van der Waals surface area contributed by atoms with Crippen molar-refractivity contribution in [2.24, 2.45) is 0 Å². The van der Waals surface area contributed by atoms with Crippen molar-refractivity contribution in [2.45, 2.75) is 13.5 Å². The van der Waals surface area contributed by atoms with Gasteiger partial charge in [-0.1, -0.05) is 0 Å². The second-order valence-electron chi connectivity index (χ2n) is 4.25. The van der Waals surface area contributed by atoms with Crippen molar-refractivity contribution in [3.05, 3.63) is 52.4 Å². The Morgan fingerprint density at radius 2 is 1.95 bits per heavy atom. The topological polar surface area (TPSA) is 73.2 Å². The van der Waals surface area contributed by atoms with Gasteiger partial charge in [-0.3, -0.25) is 9.59 Å². The number of carbonyl (C=O) groups is 1. The first-order valence-corrected chi connectivity index (χ1v) is 6.07. The van der Waals surface area contributed by atoms with E-state index in [4.69, 9.17) is 4.74 Å². The average Bonchev–Trinajstić information content (AvgIpc) is 2.43. The van der Waals surface area contributed by atoms with E-state index in [1.54, 1.807) is 44.4 Å². The smallest absolute Gasteiger partial charge is 0.267 e. The summed E-state index contributed by atoms with van der Waals surface area (Å²) in [6.07, 6.45) is 0. The predicted octanol–water partition coefficient (Wildman–Crippen LogP) is 1.20. The third-order valence-electron chi connectivity index (χ3n) is 2.67. The van der Waals surface area contributed by atoms with E-state index in [-0.39, 0.29) is 18.0 Å². The summed E-state index contributed by atoms with van der Waals surface area (Å²) in [4.78, 5) is 23.4. The highest BCUT2D eigenvalue weighted by molar-refractivity contribution is 5.90. The Bertz CT molecular complexity index is 662. The minimum Gasteiger partial charge on any atom is -0.497 e. The largest absolute Gasteiger partial charge is 0.497 e. The standard InChI is InChI=1S/C14H15N3O3/c1-10-3-8-14(19)17(16-10)9-13(18)15-11-4-6-12(20-2)7-5-11/h3-8H,9H2,1-2H3,(H,15,18). The zero-order valence-corrected chi connectivity index (χ0v) is 11.3. The maximum atomic E-state index is 11.9. The zero-order chi connectivity index (χ0) is 14.5. The SMILES string of the molecule is COc1ccc(NC(=O)Cn2nc(C)ccc2=O)cc1. The zero-order valence-electron chi connectivity index (χ0n) is 11.3. The molecule has 1 aromatic heterocycles. The molecule has 0 unspecified atom stereocenters. The van der Waals surface area contributed by atoms with Crippen LogP contribution in [0.3, 0.4) is 0 Å². The van der Waals surface area contributed by atoms with Gasteiger partial charge in [-0.05, 0) is 37.3 Å². The molecule has 20 heavy (non-hydrogen) atoms. The number of anilines is 1. The van der Waals surface area contributed by atoms with Crippen LogP contribution >= 0.6 is 0 Å². The summed E-state index contributed by atoms with van der Waals surface area (Å²) in [5, 5.41) is 6.70. The first-order chi connectivity index (χ1) is 9.58. The van der Waals surface area contributed by atoms with Crippen LogP contribution in [-0.2, 0) is 11.3 Å². The van der Waals surface area contributed by atoms with Gasteiger partial charge in [0, 0.05) is 11.8 Å². The lowest BCUT2D eigenvalue weighted by Gasteiger charge is -2.07. The highest BCUT2D eigenvalue weighted by Crippen LogP contribution is 2.14. The maximum absolute atomic E-state index is 11.9. The fraction of sp³-hybridized carbons (Fsp3) is 0.214. The quantitative estimate of drug-likeness (QED) is 0.908. The molecule has 0 spiro atoms. The molecule has 1 N–H and O–H groups in total. The molecule has 0 aliphatic carbocycles. The molecule has 0 aliphatic heterocycles. The number of nitrogens with zero attached hydrogens (tertiary/aromatic N) is 2. The van der Waals surface area contributed by atoms with Gasteiger partial charge in [0.2, 0.25) is 5.91 Å². The molecule has 0 aliphatic rings. The minimum absolute atomic E-state index is 0.119. The number of methoxy groups -OCH3 is 1. The van der Waals surface area contributed by atoms with Crippen LogP contribution in [0, 0.1) is 6.92 Å². The van der Waals surface area contributed by atoms with Crippen molar-refractivity contribution in [3.8, 4) is 5.75 Å². The fourth-order valence-corrected chi connectivity index (χ4v) is 1.68.